The van der Waals surface area contributed by atoms with Gasteiger partial charge in [-0.25, -0.2) is 4.57 Å². The van der Waals surface area contributed by atoms with E-state index in [1.54, 1.807) is 7.05 Å². The first-order chi connectivity index (χ1) is 29.3. The summed E-state index contributed by atoms with van der Waals surface area (Å²) in [5.74, 6) is -0.955. The molecule has 0 aliphatic heterocycles. The van der Waals surface area contributed by atoms with Crippen molar-refractivity contribution in [2.24, 2.45) is 0 Å². The third-order valence-corrected chi connectivity index (χ3v) is 9.56. The maximum Gasteiger partial charge on any atom is 0.472 e. The topological polar surface area (TPSA) is 120 Å². The van der Waals surface area contributed by atoms with Gasteiger partial charge in [0.2, 0.25) is 0 Å². The largest absolute Gasteiger partial charge is 0.472 e. The summed E-state index contributed by atoms with van der Waals surface area (Å²) in [5.41, 5.74) is 0. The van der Waals surface area contributed by atoms with Gasteiger partial charge in [-0.3, -0.25) is 18.6 Å². The van der Waals surface area contributed by atoms with Gasteiger partial charge in [0, 0.05) is 19.4 Å². The van der Waals surface area contributed by atoms with Crippen molar-refractivity contribution in [2.75, 3.05) is 33.4 Å². The van der Waals surface area contributed by atoms with Crippen LogP contribution in [0.2, 0.25) is 0 Å². The van der Waals surface area contributed by atoms with Gasteiger partial charge >= 0.3 is 19.8 Å². The number of hydrogen-bond donors (Lipinski definition) is 2. The van der Waals surface area contributed by atoms with E-state index in [9.17, 15) is 19.0 Å². The van der Waals surface area contributed by atoms with Crippen molar-refractivity contribution in [3.63, 3.8) is 0 Å². The van der Waals surface area contributed by atoms with E-state index in [2.05, 4.69) is 129 Å². The molecule has 0 fully saturated rings. The minimum atomic E-state index is -4.39. The zero-order valence-electron chi connectivity index (χ0n) is 37.3. The van der Waals surface area contributed by atoms with E-state index in [0.717, 1.165) is 77.0 Å². The normalized spacial score (nSPS) is 14.4. The minimum absolute atomic E-state index is 0.0435. The number of carbonyl (C=O) groups excluding carboxylic acids is 2. The van der Waals surface area contributed by atoms with Crippen LogP contribution in [0.25, 0.3) is 0 Å². The fourth-order valence-electron chi connectivity index (χ4n) is 5.21. The van der Waals surface area contributed by atoms with Crippen LogP contribution in [0.1, 0.15) is 142 Å². The zero-order valence-corrected chi connectivity index (χ0v) is 38.2. The summed E-state index contributed by atoms with van der Waals surface area (Å²) in [6.45, 7) is 3.93. The van der Waals surface area contributed by atoms with Crippen LogP contribution >= 0.6 is 7.82 Å². The molecule has 2 N–H and O–H groups in total. The molecule has 10 heteroatoms. The van der Waals surface area contributed by atoms with Crippen molar-refractivity contribution in [3.05, 3.63) is 122 Å². The van der Waals surface area contributed by atoms with Gasteiger partial charge in [0.1, 0.15) is 6.61 Å². The Morgan fingerprint density at radius 1 is 0.533 bits per heavy atom. The summed E-state index contributed by atoms with van der Waals surface area (Å²) >= 11 is 0. The smallest absolute Gasteiger partial charge is 0.462 e. The Balaban J connectivity index is 4.43. The molecule has 0 bridgehead atoms. The molecule has 0 aliphatic rings. The summed E-state index contributed by atoms with van der Waals surface area (Å²) in [5, 5.41) is 2.81. The van der Waals surface area contributed by atoms with Crippen molar-refractivity contribution in [1.82, 2.24) is 5.32 Å². The van der Waals surface area contributed by atoms with Crippen molar-refractivity contribution in [2.45, 2.75) is 148 Å². The molecule has 0 saturated carbocycles. The number of carbonyl (C=O) groups is 2. The fraction of sp³-hybridized carbons (Fsp3) is 0.560. The number of phosphoric acid groups is 1. The van der Waals surface area contributed by atoms with E-state index in [1.165, 1.54) is 25.7 Å². The van der Waals surface area contributed by atoms with Crippen LogP contribution in [0.5, 0.6) is 0 Å². The van der Waals surface area contributed by atoms with Crippen LogP contribution in [0.15, 0.2) is 122 Å². The molecular formula is C50H80NO8P. The maximum atomic E-state index is 12.6. The SMILES string of the molecule is CC/C=C\C/C=C\C/C=C\C/C=C\C/C=C\CCCCCC(=O)OCC(COP(=O)(O)OCCNC)OC(=O)CC/C=C\C/C=C\C/C=C\C/C=C\C/C=C\CCCCC. The van der Waals surface area contributed by atoms with Crippen LogP contribution < -0.4 is 5.32 Å². The molecule has 0 spiro atoms. The van der Waals surface area contributed by atoms with E-state index in [1.807, 2.05) is 12.2 Å². The molecule has 338 valence electrons. The van der Waals surface area contributed by atoms with E-state index in [-0.39, 0.29) is 26.1 Å². The molecule has 0 saturated heterocycles. The number of hydrogen-bond acceptors (Lipinski definition) is 8. The van der Waals surface area contributed by atoms with E-state index >= 15 is 0 Å². The summed E-state index contributed by atoms with van der Waals surface area (Å²) in [6, 6.07) is 0. The molecule has 0 amide bonds. The summed E-state index contributed by atoms with van der Waals surface area (Å²) in [4.78, 5) is 35.1. The van der Waals surface area contributed by atoms with Crippen molar-refractivity contribution < 1.29 is 37.6 Å². The standard InChI is InChI=1S/C50H80NO8P/c1-4-6-8-10-12-14-16-18-20-22-24-26-28-30-32-34-36-38-40-42-49(52)56-46-48(47-58-60(54,55)57-45-44-51-3)59-50(53)43-41-39-37-35-33-31-29-27-25-23-21-19-17-15-13-11-9-7-5-2/h6,8,12-15,18-21,24-27,30-33,37,39,48,51H,4-5,7,9-11,16-17,22-23,28-29,34-36,38,40-47H2,1-3H3,(H,54,55)/b8-6-,14-12-,15-13-,20-18-,21-19-,26-24-,27-25-,32-30-,33-31-,39-37-. The molecule has 2 unspecified atom stereocenters. The lowest BCUT2D eigenvalue weighted by molar-refractivity contribution is -0.161. The lowest BCUT2D eigenvalue weighted by atomic mass is 10.1. The molecule has 0 aromatic rings. The molecule has 0 aromatic heterocycles. The number of phosphoric ester groups is 1. The summed E-state index contributed by atoms with van der Waals surface area (Å²) in [6.07, 6.45) is 59.7. The molecule has 0 aliphatic carbocycles. The van der Waals surface area contributed by atoms with Crippen molar-refractivity contribution >= 4 is 19.8 Å². The van der Waals surface area contributed by atoms with Gasteiger partial charge in [0.05, 0.1) is 13.2 Å². The number of esters is 2. The molecule has 60 heavy (non-hydrogen) atoms. The van der Waals surface area contributed by atoms with Crippen LogP contribution in [-0.2, 0) is 32.7 Å². The van der Waals surface area contributed by atoms with Gasteiger partial charge in [-0.15, -0.1) is 0 Å². The highest BCUT2D eigenvalue weighted by atomic mass is 31.2. The van der Waals surface area contributed by atoms with E-state index < -0.39 is 32.5 Å². The predicted octanol–water partition coefficient (Wildman–Crippen LogP) is 13.2. The third kappa shape index (κ3) is 44.0. The number of allylic oxidation sites excluding steroid dienone is 20. The van der Waals surface area contributed by atoms with E-state index in [4.69, 9.17) is 18.5 Å². The number of nitrogens with one attached hydrogen (secondary N) is 1. The Labute approximate surface area is 364 Å². The quantitative estimate of drug-likeness (QED) is 0.0269. The average Bonchev–Trinajstić information content (AvgIpc) is 3.23. The molecule has 0 rings (SSSR count). The van der Waals surface area contributed by atoms with Gasteiger partial charge in [-0.05, 0) is 103 Å². The van der Waals surface area contributed by atoms with Crippen LogP contribution in [0.3, 0.4) is 0 Å². The molecule has 0 heterocycles. The molecule has 0 aromatic carbocycles. The van der Waals surface area contributed by atoms with Gasteiger partial charge in [-0.2, -0.15) is 0 Å². The second-order valence-electron chi connectivity index (χ2n) is 14.1. The molecular weight excluding hydrogens is 774 g/mol. The lowest BCUT2D eigenvalue weighted by Crippen LogP contribution is -2.29. The molecule has 9 nitrogen and oxygen atoms in total. The molecule has 0 radical (unpaired) electrons. The van der Waals surface area contributed by atoms with E-state index in [0.29, 0.717) is 19.4 Å². The van der Waals surface area contributed by atoms with Gasteiger partial charge in [0.25, 0.3) is 0 Å². The van der Waals surface area contributed by atoms with Gasteiger partial charge in [0.15, 0.2) is 6.10 Å². The number of ether oxygens (including phenoxy) is 2. The van der Waals surface area contributed by atoms with Crippen LogP contribution in [0.4, 0.5) is 0 Å². The average molecular weight is 854 g/mol. The Morgan fingerprint density at radius 3 is 1.45 bits per heavy atom. The zero-order chi connectivity index (χ0) is 43.9. The highest BCUT2D eigenvalue weighted by Gasteiger charge is 2.26. The first kappa shape index (κ1) is 56.4. The fourth-order valence-corrected chi connectivity index (χ4v) is 5.96. The Kier molecular flexibility index (Phi) is 42.3. The first-order valence-corrected chi connectivity index (χ1v) is 24.0. The Morgan fingerprint density at radius 2 is 0.983 bits per heavy atom. The third-order valence-electron chi connectivity index (χ3n) is 8.58. The molecule has 2 atom stereocenters. The Bertz CT molecular complexity index is 1390. The summed E-state index contributed by atoms with van der Waals surface area (Å²) < 4.78 is 33.1. The predicted molar refractivity (Wildman–Crippen MR) is 252 cm³/mol. The van der Waals surface area contributed by atoms with Gasteiger partial charge in [-0.1, -0.05) is 155 Å². The van der Waals surface area contributed by atoms with Crippen LogP contribution in [0, 0.1) is 0 Å². The monoisotopic (exact) mass is 854 g/mol. The lowest BCUT2D eigenvalue weighted by Gasteiger charge is -2.19. The highest BCUT2D eigenvalue weighted by molar-refractivity contribution is 7.47. The Hall–Kier alpha value is -3.59. The van der Waals surface area contributed by atoms with Gasteiger partial charge < -0.3 is 19.7 Å². The first-order valence-electron chi connectivity index (χ1n) is 22.5. The van der Waals surface area contributed by atoms with Crippen molar-refractivity contribution in [3.8, 4) is 0 Å². The summed E-state index contributed by atoms with van der Waals surface area (Å²) in [7, 11) is -2.70. The van der Waals surface area contributed by atoms with Crippen LogP contribution in [-0.4, -0.2) is 56.3 Å². The number of likely N-dealkylation sites (N-methyl/N-ethyl adjacent to an activating group) is 1. The van der Waals surface area contributed by atoms with Crippen molar-refractivity contribution in [1.29, 1.82) is 0 Å². The second-order valence-corrected chi connectivity index (χ2v) is 15.6. The highest BCUT2D eigenvalue weighted by Crippen LogP contribution is 2.43. The maximum absolute atomic E-state index is 12.6. The number of unbranched alkanes of at least 4 members (excludes halogenated alkanes) is 6. The minimum Gasteiger partial charge on any atom is -0.462 e. The second kappa shape index (κ2) is 44.9. The number of rotatable bonds is 40.